The maximum Gasteiger partial charge on any atom is 0.416 e. The van der Waals surface area contributed by atoms with Crippen LogP contribution in [0, 0.1) is 0 Å². The van der Waals surface area contributed by atoms with Crippen LogP contribution in [-0.4, -0.2) is 80.4 Å². The van der Waals surface area contributed by atoms with E-state index in [4.69, 9.17) is 4.74 Å². The Labute approximate surface area is 245 Å². The van der Waals surface area contributed by atoms with Crippen molar-refractivity contribution in [2.75, 3.05) is 17.3 Å². The summed E-state index contributed by atoms with van der Waals surface area (Å²) in [5.41, 5.74) is -1.71. The van der Waals surface area contributed by atoms with Crippen molar-refractivity contribution in [3.8, 4) is 5.75 Å². The molecule has 1 rings (SSSR count). The number of benzene rings is 1. The van der Waals surface area contributed by atoms with Gasteiger partial charge in [-0.25, -0.2) is 9.59 Å². The minimum absolute atomic E-state index is 0.266. The van der Waals surface area contributed by atoms with Crippen LogP contribution < -0.4 is 20.7 Å². The van der Waals surface area contributed by atoms with Gasteiger partial charge in [0.05, 0.1) is 11.1 Å². The highest BCUT2D eigenvalue weighted by Gasteiger charge is 2.33. The van der Waals surface area contributed by atoms with E-state index >= 15 is 0 Å². The Balaban J connectivity index is 3.17. The zero-order valence-corrected chi connectivity index (χ0v) is 24.2. The monoisotopic (exact) mass is 641 g/mol. The molecule has 3 atom stereocenters. The van der Waals surface area contributed by atoms with Gasteiger partial charge >= 0.3 is 18.1 Å². The molecule has 1 aromatic carbocycles. The van der Waals surface area contributed by atoms with Crippen molar-refractivity contribution in [3.05, 3.63) is 29.3 Å². The SMILES string of the molecule is CC(=O)NC(CSC(=O)C(CSC(=O)c1ccc(C(F)(F)F)cc1OC(=O)C(CS)NC(C)=O)NC(C)=O)C(=O)O. The summed E-state index contributed by atoms with van der Waals surface area (Å²) in [5.74, 6) is -6.44. The molecule has 4 N–H and O–H groups in total. The molecule has 0 aliphatic rings. The Kier molecular flexibility index (Phi) is 14.2. The summed E-state index contributed by atoms with van der Waals surface area (Å²) in [6, 6.07) is -2.33. The van der Waals surface area contributed by atoms with Crippen LogP contribution in [0.3, 0.4) is 0 Å². The molecule has 0 spiro atoms. The van der Waals surface area contributed by atoms with E-state index in [9.17, 15) is 51.8 Å². The van der Waals surface area contributed by atoms with E-state index in [1.165, 1.54) is 0 Å². The van der Waals surface area contributed by atoms with E-state index in [1.807, 2.05) is 0 Å². The Morgan fingerprint density at radius 1 is 0.878 bits per heavy atom. The number of esters is 1. The number of hydrogen-bond donors (Lipinski definition) is 5. The fourth-order valence-electron chi connectivity index (χ4n) is 2.89. The summed E-state index contributed by atoms with van der Waals surface area (Å²) in [6.07, 6.45) is -4.86. The van der Waals surface area contributed by atoms with E-state index in [-0.39, 0.29) is 5.75 Å². The van der Waals surface area contributed by atoms with Gasteiger partial charge < -0.3 is 25.8 Å². The van der Waals surface area contributed by atoms with Crippen molar-refractivity contribution < 1.29 is 56.6 Å². The molecule has 18 heteroatoms. The molecule has 0 heterocycles. The first-order chi connectivity index (χ1) is 19.0. The number of aliphatic carboxylic acids is 1. The molecule has 0 aliphatic heterocycles. The Morgan fingerprint density at radius 3 is 1.88 bits per heavy atom. The lowest BCUT2D eigenvalue weighted by molar-refractivity contribution is -0.140. The fraction of sp³-hybridized carbons (Fsp3) is 0.435. The summed E-state index contributed by atoms with van der Waals surface area (Å²) >= 11 is 4.78. The van der Waals surface area contributed by atoms with E-state index in [2.05, 4.69) is 28.6 Å². The van der Waals surface area contributed by atoms with Crippen LogP contribution in [0.15, 0.2) is 18.2 Å². The molecule has 0 fully saturated rings. The maximum absolute atomic E-state index is 13.3. The van der Waals surface area contributed by atoms with Gasteiger partial charge in [0.2, 0.25) is 28.0 Å². The predicted molar refractivity (Wildman–Crippen MR) is 146 cm³/mol. The highest BCUT2D eigenvalue weighted by molar-refractivity contribution is 8.15. The first-order valence-corrected chi connectivity index (χ1v) is 14.0. The number of carboxylic acids is 1. The number of carboxylic acid groups (broad SMARTS) is 1. The number of ether oxygens (including phenoxy) is 1. The summed E-state index contributed by atoms with van der Waals surface area (Å²) in [6.45, 7) is 3.25. The van der Waals surface area contributed by atoms with Crippen molar-refractivity contribution in [2.45, 2.75) is 45.1 Å². The zero-order chi connectivity index (χ0) is 31.5. The van der Waals surface area contributed by atoms with Gasteiger partial charge in [-0.2, -0.15) is 25.8 Å². The fourth-order valence-corrected chi connectivity index (χ4v) is 5.02. The first-order valence-electron chi connectivity index (χ1n) is 11.4. The van der Waals surface area contributed by atoms with Crippen molar-refractivity contribution >= 4 is 76.0 Å². The molecule has 0 aromatic heterocycles. The van der Waals surface area contributed by atoms with Gasteiger partial charge in [0.1, 0.15) is 23.9 Å². The molecule has 12 nitrogen and oxygen atoms in total. The molecule has 226 valence electrons. The van der Waals surface area contributed by atoms with Crippen LogP contribution in [0.4, 0.5) is 13.2 Å². The topological polar surface area (TPSA) is 185 Å². The molecular formula is C23H26F3N3O9S3. The normalized spacial score (nSPS) is 13.2. The van der Waals surface area contributed by atoms with E-state index < -0.39 is 92.6 Å². The maximum atomic E-state index is 13.3. The Morgan fingerprint density at radius 2 is 1.39 bits per heavy atom. The standard InChI is InChI=1S/C23H26F3N3O9S3/c1-10(30)27-15(7-39)20(35)38-18-6-13(23(24,25)26)4-5-14(18)21(36)40-9-17(29-12(3)32)22(37)41-8-16(19(33)34)28-11(2)31/h4-6,15-17,39H,7-9H2,1-3H3,(H,27,30)(H,28,31)(H,29,32)(H,33,34). The summed E-state index contributed by atoms with van der Waals surface area (Å²) in [7, 11) is 0. The number of amides is 3. The van der Waals surface area contributed by atoms with Crippen LogP contribution in [0.25, 0.3) is 0 Å². The number of thiol groups is 1. The van der Waals surface area contributed by atoms with Gasteiger partial charge in [-0.05, 0) is 18.2 Å². The Hall–Kier alpha value is -3.25. The lowest BCUT2D eigenvalue weighted by atomic mass is 10.1. The van der Waals surface area contributed by atoms with Crippen LogP contribution in [0.5, 0.6) is 5.75 Å². The van der Waals surface area contributed by atoms with Crippen LogP contribution >= 0.6 is 36.2 Å². The number of thioether (sulfide) groups is 2. The molecule has 1 aromatic rings. The highest BCUT2D eigenvalue weighted by atomic mass is 32.2. The summed E-state index contributed by atoms with van der Waals surface area (Å²) in [4.78, 5) is 83.5. The molecular weight excluding hydrogens is 615 g/mol. The smallest absolute Gasteiger partial charge is 0.416 e. The van der Waals surface area contributed by atoms with Crippen LogP contribution in [-0.2, 0) is 34.9 Å². The minimum atomic E-state index is -4.86. The summed E-state index contributed by atoms with van der Waals surface area (Å²) in [5, 5.41) is 14.1. The number of nitrogens with one attached hydrogen (secondary N) is 3. The van der Waals surface area contributed by atoms with Gasteiger partial charge in [0.25, 0.3) is 0 Å². The first kappa shape index (κ1) is 35.8. The second-order valence-corrected chi connectivity index (χ2v) is 10.5. The Bertz CT molecular complexity index is 1200. The molecule has 3 unspecified atom stereocenters. The molecule has 0 radical (unpaired) electrons. The van der Waals surface area contributed by atoms with Gasteiger partial charge in [-0.15, -0.1) is 0 Å². The van der Waals surface area contributed by atoms with E-state index in [0.717, 1.165) is 26.8 Å². The van der Waals surface area contributed by atoms with Gasteiger partial charge in [-0.3, -0.25) is 24.0 Å². The van der Waals surface area contributed by atoms with E-state index in [0.29, 0.717) is 35.7 Å². The van der Waals surface area contributed by atoms with Crippen molar-refractivity contribution in [3.63, 3.8) is 0 Å². The highest BCUT2D eigenvalue weighted by Crippen LogP contribution is 2.34. The predicted octanol–water partition coefficient (Wildman–Crippen LogP) is 1.27. The lowest BCUT2D eigenvalue weighted by Gasteiger charge is -2.19. The number of alkyl halides is 3. The van der Waals surface area contributed by atoms with Crippen molar-refractivity contribution in [1.29, 1.82) is 0 Å². The third kappa shape index (κ3) is 12.4. The van der Waals surface area contributed by atoms with Gasteiger partial charge in [0, 0.05) is 38.0 Å². The second kappa shape index (κ2) is 16.3. The van der Waals surface area contributed by atoms with Crippen LogP contribution in [0.2, 0.25) is 0 Å². The number of rotatable bonds is 13. The molecule has 0 saturated carbocycles. The average molecular weight is 642 g/mol. The molecule has 0 saturated heterocycles. The summed E-state index contributed by atoms with van der Waals surface area (Å²) < 4.78 is 45.0. The van der Waals surface area contributed by atoms with Crippen LogP contribution in [0.1, 0.15) is 36.7 Å². The molecule has 0 aliphatic carbocycles. The van der Waals surface area contributed by atoms with Crippen molar-refractivity contribution in [1.82, 2.24) is 16.0 Å². The van der Waals surface area contributed by atoms with E-state index in [1.54, 1.807) is 0 Å². The molecule has 0 bridgehead atoms. The number of halogens is 3. The number of carbonyl (C=O) groups is 7. The second-order valence-electron chi connectivity index (χ2n) is 8.14. The van der Waals surface area contributed by atoms with Crippen molar-refractivity contribution in [2.24, 2.45) is 0 Å². The quantitative estimate of drug-likeness (QED) is 0.119. The minimum Gasteiger partial charge on any atom is -0.480 e. The lowest BCUT2D eigenvalue weighted by Crippen LogP contribution is -2.44. The third-order valence-corrected chi connectivity index (χ3v) is 7.11. The third-order valence-electron chi connectivity index (χ3n) is 4.69. The van der Waals surface area contributed by atoms with Gasteiger partial charge in [0.15, 0.2) is 0 Å². The number of carbonyl (C=O) groups excluding carboxylic acids is 6. The number of hydrogen-bond acceptors (Lipinski definition) is 11. The molecule has 41 heavy (non-hydrogen) atoms. The molecule has 3 amide bonds. The zero-order valence-electron chi connectivity index (χ0n) is 21.7. The largest absolute Gasteiger partial charge is 0.480 e. The van der Waals surface area contributed by atoms with Gasteiger partial charge in [-0.1, -0.05) is 23.5 Å². The average Bonchev–Trinajstić information content (AvgIpc) is 2.85.